The molecule has 124 valence electrons. The summed E-state index contributed by atoms with van der Waals surface area (Å²) in [6.07, 6.45) is 4.04. The summed E-state index contributed by atoms with van der Waals surface area (Å²) in [5.74, 6) is 4.21. The van der Waals surface area contributed by atoms with Crippen molar-refractivity contribution in [2.24, 2.45) is 29.6 Å². The average Bonchev–Trinajstić information content (AvgIpc) is 2.83. The second kappa shape index (κ2) is 5.02. The van der Waals surface area contributed by atoms with Crippen LogP contribution in [0.15, 0.2) is 24.3 Å². The van der Waals surface area contributed by atoms with E-state index in [2.05, 4.69) is 15.5 Å². The molecule has 1 amide bonds. The number of carbonyl (C=O) groups excluding carboxylic acids is 1. The van der Waals surface area contributed by atoms with Gasteiger partial charge in [0.15, 0.2) is 4.77 Å². The zero-order valence-electron chi connectivity index (χ0n) is 13.5. The molecule has 3 aliphatic rings. The van der Waals surface area contributed by atoms with Crippen LogP contribution in [0.2, 0.25) is 0 Å². The van der Waals surface area contributed by atoms with Crippen LogP contribution < -0.4 is 5.32 Å². The van der Waals surface area contributed by atoms with Gasteiger partial charge in [-0.05, 0) is 80.3 Å². The van der Waals surface area contributed by atoms with Crippen LogP contribution in [0.3, 0.4) is 0 Å². The van der Waals surface area contributed by atoms with E-state index >= 15 is 0 Å². The van der Waals surface area contributed by atoms with Crippen molar-refractivity contribution in [1.29, 1.82) is 0 Å². The van der Waals surface area contributed by atoms with E-state index in [1.165, 1.54) is 19.3 Å². The number of hydrogen-bond donors (Lipinski definition) is 2. The average molecular weight is 340 g/mol. The number of fused-ring (bicyclic) bond motifs is 5. The van der Waals surface area contributed by atoms with Crippen LogP contribution in [0.1, 0.15) is 25.1 Å². The second-order valence-electron chi connectivity index (χ2n) is 7.46. The molecule has 3 saturated carbocycles. The van der Waals surface area contributed by atoms with E-state index in [0.717, 1.165) is 29.0 Å². The molecule has 1 heterocycles. The van der Waals surface area contributed by atoms with Crippen molar-refractivity contribution in [1.82, 2.24) is 14.8 Å². The van der Waals surface area contributed by atoms with E-state index in [0.29, 0.717) is 16.6 Å². The van der Waals surface area contributed by atoms with Gasteiger partial charge < -0.3 is 5.32 Å². The van der Waals surface area contributed by atoms with Crippen molar-refractivity contribution in [2.75, 3.05) is 5.32 Å². The quantitative estimate of drug-likeness (QED) is 0.841. The predicted octanol–water partition coefficient (Wildman–Crippen LogP) is 3.47. The summed E-state index contributed by atoms with van der Waals surface area (Å²) in [5.41, 5.74) is 1.75. The molecule has 0 saturated heterocycles. The van der Waals surface area contributed by atoms with Gasteiger partial charge in [0.25, 0.3) is 0 Å². The molecule has 3 fully saturated rings. The number of rotatable bonds is 3. The number of aryl methyl sites for hydroxylation is 1. The third kappa shape index (κ3) is 2.02. The summed E-state index contributed by atoms with van der Waals surface area (Å²) < 4.78 is 2.43. The van der Waals surface area contributed by atoms with Gasteiger partial charge in [-0.25, -0.2) is 0 Å². The van der Waals surface area contributed by atoms with E-state index in [4.69, 9.17) is 12.2 Å². The molecule has 2 N–H and O–H groups in total. The smallest absolute Gasteiger partial charge is 0.228 e. The topological polar surface area (TPSA) is 62.7 Å². The monoisotopic (exact) mass is 340 g/mol. The fourth-order valence-electron chi connectivity index (χ4n) is 5.30. The Hall–Kier alpha value is -1.95. The van der Waals surface area contributed by atoms with Gasteiger partial charge in [0.05, 0.1) is 5.69 Å². The first kappa shape index (κ1) is 14.4. The Morgan fingerprint density at radius 2 is 2.08 bits per heavy atom. The highest BCUT2D eigenvalue weighted by Crippen LogP contribution is 2.69. The van der Waals surface area contributed by atoms with E-state index in [9.17, 15) is 4.79 Å². The maximum Gasteiger partial charge on any atom is 0.228 e. The number of nitrogens with one attached hydrogen (secondary N) is 2. The molecular weight excluding hydrogens is 320 g/mol. The maximum absolute atomic E-state index is 12.7. The van der Waals surface area contributed by atoms with Crippen molar-refractivity contribution < 1.29 is 4.79 Å². The van der Waals surface area contributed by atoms with Gasteiger partial charge in [0.2, 0.25) is 5.91 Å². The Kier molecular flexibility index (Phi) is 3.01. The summed E-state index contributed by atoms with van der Waals surface area (Å²) in [5, 5.41) is 10.1. The molecular formula is C18H20N4OS. The molecule has 24 heavy (non-hydrogen) atoms. The molecule has 3 aliphatic carbocycles. The lowest BCUT2D eigenvalue weighted by molar-refractivity contribution is -0.118. The Labute approximate surface area is 145 Å². The first-order valence-electron chi connectivity index (χ1n) is 8.69. The fourth-order valence-corrected chi connectivity index (χ4v) is 5.59. The highest BCUT2D eigenvalue weighted by Gasteiger charge is 2.67. The summed E-state index contributed by atoms with van der Waals surface area (Å²) in [7, 11) is 0. The third-order valence-corrected chi connectivity index (χ3v) is 6.52. The first-order valence-corrected chi connectivity index (χ1v) is 9.09. The highest BCUT2D eigenvalue weighted by atomic mass is 32.1. The lowest BCUT2D eigenvalue weighted by Gasteiger charge is -2.11. The van der Waals surface area contributed by atoms with Crippen LogP contribution in [0.4, 0.5) is 5.69 Å². The van der Waals surface area contributed by atoms with Crippen LogP contribution in [0.5, 0.6) is 0 Å². The van der Waals surface area contributed by atoms with Gasteiger partial charge in [-0.15, -0.1) is 0 Å². The summed E-state index contributed by atoms with van der Waals surface area (Å²) >= 11 is 5.28. The Morgan fingerprint density at radius 3 is 2.75 bits per heavy atom. The van der Waals surface area contributed by atoms with Gasteiger partial charge in [-0.3, -0.25) is 14.5 Å². The molecule has 0 radical (unpaired) electrons. The van der Waals surface area contributed by atoms with Gasteiger partial charge in [-0.1, -0.05) is 6.07 Å². The van der Waals surface area contributed by atoms with Crippen molar-refractivity contribution in [2.45, 2.75) is 26.2 Å². The van der Waals surface area contributed by atoms with Gasteiger partial charge >= 0.3 is 0 Å². The minimum Gasteiger partial charge on any atom is -0.326 e. The van der Waals surface area contributed by atoms with Crippen LogP contribution in [0, 0.1) is 41.3 Å². The van der Waals surface area contributed by atoms with E-state index < -0.39 is 0 Å². The number of anilines is 1. The number of aromatic amines is 1. The molecule has 0 spiro atoms. The molecule has 5 rings (SSSR count). The largest absolute Gasteiger partial charge is 0.326 e. The number of nitrogens with zero attached hydrogens (tertiary/aromatic N) is 2. The maximum atomic E-state index is 12.7. The minimum atomic E-state index is 0.200. The third-order valence-electron chi connectivity index (χ3n) is 6.25. The Balaban J connectivity index is 1.36. The Morgan fingerprint density at radius 1 is 1.33 bits per heavy atom. The summed E-state index contributed by atoms with van der Waals surface area (Å²) in [6.45, 7) is 1.90. The lowest BCUT2D eigenvalue weighted by atomic mass is 10.0. The molecule has 1 aromatic carbocycles. The van der Waals surface area contributed by atoms with Crippen molar-refractivity contribution in [3.8, 4) is 5.69 Å². The fraction of sp³-hybridized carbons (Fsp3) is 0.500. The normalized spacial score (nSPS) is 32.6. The van der Waals surface area contributed by atoms with Crippen LogP contribution in [0.25, 0.3) is 5.69 Å². The van der Waals surface area contributed by atoms with E-state index in [1.54, 1.807) is 0 Å². The van der Waals surface area contributed by atoms with Crippen LogP contribution >= 0.6 is 12.2 Å². The molecule has 0 aliphatic heterocycles. The number of carbonyl (C=O) groups is 1. The highest BCUT2D eigenvalue weighted by molar-refractivity contribution is 7.71. The standard InChI is InChI=1S/C18H20N4OS/c1-9-20-21-18(24)22(9)13-4-2-3-12(8-13)19-17(23)16-14-10-5-6-11(7-10)15(14)16/h2-4,8,10-11,14-16H,5-7H2,1H3,(H,19,23)(H,21,24)/t10-,11-,14+,15+/m0/s1. The van der Waals surface area contributed by atoms with Crippen LogP contribution in [-0.4, -0.2) is 20.7 Å². The van der Waals surface area contributed by atoms with Gasteiger partial charge in [0, 0.05) is 11.6 Å². The number of H-pyrrole nitrogens is 1. The zero-order chi connectivity index (χ0) is 16.4. The van der Waals surface area contributed by atoms with Gasteiger partial charge in [-0.2, -0.15) is 5.10 Å². The molecule has 4 atom stereocenters. The van der Waals surface area contributed by atoms with Crippen molar-refractivity contribution >= 4 is 23.8 Å². The van der Waals surface area contributed by atoms with E-state index in [1.807, 2.05) is 35.8 Å². The molecule has 6 heteroatoms. The molecule has 5 nitrogen and oxygen atoms in total. The van der Waals surface area contributed by atoms with Gasteiger partial charge in [0.1, 0.15) is 5.82 Å². The number of hydrogen-bond acceptors (Lipinski definition) is 3. The molecule has 2 aromatic rings. The van der Waals surface area contributed by atoms with Crippen LogP contribution in [-0.2, 0) is 4.79 Å². The zero-order valence-corrected chi connectivity index (χ0v) is 14.3. The second-order valence-corrected chi connectivity index (χ2v) is 7.85. The molecule has 2 bridgehead atoms. The lowest BCUT2D eigenvalue weighted by Crippen LogP contribution is -2.18. The predicted molar refractivity (Wildman–Crippen MR) is 93.4 cm³/mol. The van der Waals surface area contributed by atoms with E-state index in [-0.39, 0.29) is 11.8 Å². The molecule has 0 unspecified atom stereocenters. The van der Waals surface area contributed by atoms with Crippen molar-refractivity contribution in [3.05, 3.63) is 34.9 Å². The van der Waals surface area contributed by atoms with Crippen molar-refractivity contribution in [3.63, 3.8) is 0 Å². The first-order chi connectivity index (χ1) is 11.6. The summed E-state index contributed by atoms with van der Waals surface area (Å²) in [4.78, 5) is 12.7. The molecule has 1 aromatic heterocycles. The summed E-state index contributed by atoms with van der Waals surface area (Å²) in [6, 6.07) is 7.81. The minimum absolute atomic E-state index is 0.200. The SMILES string of the molecule is Cc1n[nH]c(=S)n1-c1cccc(NC(=O)C2[C@@H]3[C@H]4CC[C@@H](C4)[C@@H]23)c1. The number of benzene rings is 1. The Bertz CT molecular complexity index is 869. The number of amides is 1. The number of aromatic nitrogens is 3.